The van der Waals surface area contributed by atoms with Crippen LogP contribution in [0.25, 0.3) is 0 Å². The van der Waals surface area contributed by atoms with Crippen molar-refractivity contribution < 1.29 is 19.1 Å². The fourth-order valence-corrected chi connectivity index (χ4v) is 2.07. The van der Waals surface area contributed by atoms with Gasteiger partial charge in [-0.15, -0.1) is 0 Å². The fourth-order valence-electron chi connectivity index (χ4n) is 2.07. The third kappa shape index (κ3) is 2.93. The first-order valence-corrected chi connectivity index (χ1v) is 5.59. The van der Waals surface area contributed by atoms with Gasteiger partial charge in [0.2, 0.25) is 5.91 Å². The second-order valence-electron chi connectivity index (χ2n) is 4.59. The second kappa shape index (κ2) is 5.27. The molecule has 1 fully saturated rings. The molecule has 1 aliphatic heterocycles. The van der Waals surface area contributed by atoms with E-state index in [2.05, 4.69) is 13.8 Å². The average molecular weight is 231 g/mol. The zero-order valence-electron chi connectivity index (χ0n) is 9.65. The Morgan fingerprint density at radius 1 is 1.50 bits per heavy atom. The third-order valence-electron chi connectivity index (χ3n) is 3.21. The van der Waals surface area contributed by atoms with E-state index in [9.17, 15) is 14.0 Å². The summed E-state index contributed by atoms with van der Waals surface area (Å²) in [5, 5.41) is 8.55. The molecule has 0 aromatic heterocycles. The van der Waals surface area contributed by atoms with Crippen molar-refractivity contribution in [2.75, 3.05) is 6.54 Å². The van der Waals surface area contributed by atoms with Crippen LogP contribution in [0.4, 0.5) is 4.39 Å². The Morgan fingerprint density at radius 2 is 2.12 bits per heavy atom. The van der Waals surface area contributed by atoms with E-state index >= 15 is 0 Å². The van der Waals surface area contributed by atoms with Crippen molar-refractivity contribution in [3.8, 4) is 0 Å². The molecular formula is C11H18FNO3. The molecule has 1 heterocycles. The highest BCUT2D eigenvalue weighted by molar-refractivity contribution is 5.82. The van der Waals surface area contributed by atoms with Crippen LogP contribution in [0.15, 0.2) is 0 Å². The molecule has 5 heteroatoms. The summed E-state index contributed by atoms with van der Waals surface area (Å²) in [5.41, 5.74) is 0. The van der Waals surface area contributed by atoms with E-state index in [4.69, 9.17) is 5.11 Å². The van der Waals surface area contributed by atoms with E-state index in [0.29, 0.717) is 18.3 Å². The minimum atomic E-state index is -2.20. The van der Waals surface area contributed by atoms with Gasteiger partial charge in [0, 0.05) is 13.0 Å². The maximum Gasteiger partial charge on any atom is 0.359 e. The van der Waals surface area contributed by atoms with Gasteiger partial charge in [-0.3, -0.25) is 4.79 Å². The van der Waals surface area contributed by atoms with Gasteiger partial charge in [-0.1, -0.05) is 13.8 Å². The number of nitrogens with zero attached hydrogens (tertiary/aromatic N) is 1. The van der Waals surface area contributed by atoms with Crippen molar-refractivity contribution in [3.63, 3.8) is 0 Å². The number of carbonyl (C=O) groups is 2. The van der Waals surface area contributed by atoms with Gasteiger partial charge in [0.1, 0.15) is 0 Å². The van der Waals surface area contributed by atoms with E-state index in [1.165, 1.54) is 0 Å². The Bertz CT molecular complexity index is 280. The summed E-state index contributed by atoms with van der Waals surface area (Å²) in [5.74, 6) is -1.17. The predicted octanol–water partition coefficient (Wildman–Crippen LogP) is 1.65. The number of hydrogen-bond donors (Lipinski definition) is 1. The van der Waals surface area contributed by atoms with Gasteiger partial charge in [0.15, 0.2) is 0 Å². The van der Waals surface area contributed by atoms with Crippen LogP contribution in [-0.4, -0.2) is 34.7 Å². The monoisotopic (exact) mass is 231 g/mol. The molecule has 0 aliphatic carbocycles. The van der Waals surface area contributed by atoms with Crippen molar-refractivity contribution in [1.82, 2.24) is 4.90 Å². The van der Waals surface area contributed by atoms with Crippen LogP contribution in [0.1, 0.15) is 33.1 Å². The lowest BCUT2D eigenvalue weighted by Gasteiger charge is -2.22. The first kappa shape index (κ1) is 12.9. The standard InChI is InChI=1S/C11H18FNO3/c1-7(2)8-3-4-9(14)13(6-5-8)10(12)11(15)16/h7-8,10H,3-6H2,1-2H3,(H,15,16). The SMILES string of the molecule is CC(C)C1CCC(=O)N(C(F)C(=O)O)CC1. The number of carbonyl (C=O) groups excluding carboxylic acids is 1. The van der Waals surface area contributed by atoms with Crippen LogP contribution in [0.5, 0.6) is 0 Å². The molecule has 0 bridgehead atoms. The Labute approximate surface area is 94.4 Å². The first-order chi connectivity index (χ1) is 7.43. The number of halogens is 1. The average Bonchev–Trinajstić information content (AvgIpc) is 2.39. The smallest absolute Gasteiger partial charge is 0.359 e. The normalized spacial score (nSPS) is 24.4. The van der Waals surface area contributed by atoms with Crippen molar-refractivity contribution in [2.45, 2.75) is 39.4 Å². The lowest BCUT2D eigenvalue weighted by Crippen LogP contribution is -2.42. The molecule has 2 unspecified atom stereocenters. The van der Waals surface area contributed by atoms with Crippen molar-refractivity contribution in [3.05, 3.63) is 0 Å². The molecule has 4 nitrogen and oxygen atoms in total. The minimum Gasteiger partial charge on any atom is -0.478 e. The van der Waals surface area contributed by atoms with Gasteiger partial charge in [-0.2, -0.15) is 0 Å². The lowest BCUT2D eigenvalue weighted by atomic mass is 9.89. The van der Waals surface area contributed by atoms with E-state index in [1.807, 2.05) is 0 Å². The van der Waals surface area contributed by atoms with Gasteiger partial charge in [0.05, 0.1) is 0 Å². The largest absolute Gasteiger partial charge is 0.478 e. The minimum absolute atomic E-state index is 0.204. The van der Waals surface area contributed by atoms with Crippen LogP contribution >= 0.6 is 0 Å². The van der Waals surface area contributed by atoms with Crippen LogP contribution in [0.2, 0.25) is 0 Å². The summed E-state index contributed by atoms with van der Waals surface area (Å²) in [6, 6.07) is 0. The highest BCUT2D eigenvalue weighted by Gasteiger charge is 2.32. The van der Waals surface area contributed by atoms with Crippen LogP contribution in [0.3, 0.4) is 0 Å². The highest BCUT2D eigenvalue weighted by atomic mass is 19.1. The van der Waals surface area contributed by atoms with Gasteiger partial charge in [-0.05, 0) is 24.7 Å². The van der Waals surface area contributed by atoms with E-state index < -0.39 is 18.2 Å². The van der Waals surface area contributed by atoms with E-state index in [1.54, 1.807) is 0 Å². The van der Waals surface area contributed by atoms with E-state index in [-0.39, 0.29) is 13.0 Å². The maximum atomic E-state index is 13.3. The Kier molecular flexibility index (Phi) is 4.26. The molecule has 0 radical (unpaired) electrons. The number of rotatable bonds is 3. The Morgan fingerprint density at radius 3 is 2.62 bits per heavy atom. The number of amides is 1. The molecule has 0 saturated carbocycles. The summed E-state index contributed by atoms with van der Waals surface area (Å²) in [7, 11) is 0. The maximum absolute atomic E-state index is 13.3. The Hall–Kier alpha value is -1.13. The Balaban J connectivity index is 2.67. The second-order valence-corrected chi connectivity index (χ2v) is 4.59. The van der Waals surface area contributed by atoms with Crippen molar-refractivity contribution >= 4 is 11.9 Å². The number of alkyl halides is 1. The predicted molar refractivity (Wildman–Crippen MR) is 56.4 cm³/mol. The summed E-state index contributed by atoms with van der Waals surface area (Å²) in [6.07, 6.45) is -0.550. The molecule has 1 saturated heterocycles. The fraction of sp³-hybridized carbons (Fsp3) is 0.818. The van der Waals surface area contributed by atoms with Gasteiger partial charge in [-0.25, -0.2) is 9.18 Å². The molecule has 0 spiro atoms. The summed E-state index contributed by atoms with van der Waals surface area (Å²) in [4.78, 5) is 22.9. The summed E-state index contributed by atoms with van der Waals surface area (Å²) in [6.45, 7) is 4.33. The molecule has 16 heavy (non-hydrogen) atoms. The molecule has 0 aromatic rings. The summed E-state index contributed by atoms with van der Waals surface area (Å²) >= 11 is 0. The zero-order chi connectivity index (χ0) is 12.3. The lowest BCUT2D eigenvalue weighted by molar-refractivity contribution is -0.157. The number of hydrogen-bond acceptors (Lipinski definition) is 2. The summed E-state index contributed by atoms with van der Waals surface area (Å²) < 4.78 is 13.3. The zero-order valence-corrected chi connectivity index (χ0v) is 9.65. The number of carboxylic acids is 1. The molecule has 2 atom stereocenters. The molecular weight excluding hydrogens is 213 g/mol. The first-order valence-electron chi connectivity index (χ1n) is 5.59. The highest BCUT2D eigenvalue weighted by Crippen LogP contribution is 2.26. The molecule has 92 valence electrons. The van der Waals surface area contributed by atoms with Crippen LogP contribution in [0, 0.1) is 11.8 Å². The van der Waals surface area contributed by atoms with Crippen molar-refractivity contribution in [2.24, 2.45) is 11.8 Å². The number of carboxylic acid groups (broad SMARTS) is 1. The number of likely N-dealkylation sites (tertiary alicyclic amines) is 1. The van der Waals surface area contributed by atoms with Crippen molar-refractivity contribution in [1.29, 1.82) is 0 Å². The quantitative estimate of drug-likeness (QED) is 0.751. The van der Waals surface area contributed by atoms with Crippen LogP contribution in [-0.2, 0) is 9.59 Å². The van der Waals surface area contributed by atoms with Crippen LogP contribution < -0.4 is 0 Å². The molecule has 0 aromatic carbocycles. The third-order valence-corrected chi connectivity index (χ3v) is 3.21. The molecule has 1 amide bonds. The molecule has 1 N–H and O–H groups in total. The van der Waals surface area contributed by atoms with Gasteiger partial charge in [0.25, 0.3) is 6.30 Å². The van der Waals surface area contributed by atoms with E-state index in [0.717, 1.165) is 11.3 Å². The van der Waals surface area contributed by atoms with Gasteiger partial charge >= 0.3 is 5.97 Å². The molecule has 1 aliphatic rings. The topological polar surface area (TPSA) is 57.6 Å². The number of aliphatic carboxylic acids is 1. The van der Waals surface area contributed by atoms with Gasteiger partial charge < -0.3 is 10.0 Å². The molecule has 1 rings (SSSR count).